The van der Waals surface area contributed by atoms with Crippen LogP contribution in [0.2, 0.25) is 0 Å². The summed E-state index contributed by atoms with van der Waals surface area (Å²) in [6, 6.07) is 0. The van der Waals surface area contributed by atoms with E-state index in [1.54, 1.807) is 0 Å². The normalized spacial score (nSPS) is 47.7. The van der Waals surface area contributed by atoms with Crippen molar-refractivity contribution in [2.75, 3.05) is 6.61 Å². The monoisotopic (exact) mass is 360 g/mol. The van der Waals surface area contributed by atoms with Gasteiger partial charge in [0.15, 0.2) is 5.78 Å². The van der Waals surface area contributed by atoms with Crippen LogP contribution in [0.1, 0.15) is 58.8 Å². The molecule has 0 aromatic heterocycles. The third-order valence-corrected chi connectivity index (χ3v) is 8.39. The maximum atomic E-state index is 13.3. The molecule has 142 valence electrons. The summed E-state index contributed by atoms with van der Waals surface area (Å²) in [6.07, 6.45) is 5.79. The molecule has 4 rings (SSSR count). The summed E-state index contributed by atoms with van der Waals surface area (Å²) in [4.78, 5) is 37.6. The largest absolute Gasteiger partial charge is 0.388 e. The Hall–Kier alpha value is -1.33. The van der Waals surface area contributed by atoms with Crippen LogP contribution in [0.15, 0.2) is 11.6 Å². The number of allylic oxidation sites excluding steroid dienone is 2. The minimum Gasteiger partial charge on any atom is -0.388 e. The summed E-state index contributed by atoms with van der Waals surface area (Å²) < 4.78 is 0. The molecule has 4 aliphatic carbocycles. The van der Waals surface area contributed by atoms with Gasteiger partial charge in [0, 0.05) is 30.6 Å². The van der Waals surface area contributed by atoms with Crippen molar-refractivity contribution in [2.24, 2.45) is 28.6 Å². The number of hydrogen-bond donors (Lipinski definition) is 2. The molecule has 0 bridgehead atoms. The Morgan fingerprint density at radius 1 is 1.27 bits per heavy atom. The average Bonchev–Trinajstić information content (AvgIpc) is 2.86. The van der Waals surface area contributed by atoms with Crippen molar-refractivity contribution in [1.29, 1.82) is 0 Å². The van der Waals surface area contributed by atoms with Crippen LogP contribution in [0.5, 0.6) is 0 Å². The van der Waals surface area contributed by atoms with E-state index < -0.39 is 23.4 Å². The van der Waals surface area contributed by atoms with Gasteiger partial charge in [-0.2, -0.15) is 0 Å². The van der Waals surface area contributed by atoms with Gasteiger partial charge in [-0.05, 0) is 42.9 Å². The van der Waals surface area contributed by atoms with Crippen molar-refractivity contribution < 1.29 is 24.6 Å². The molecule has 0 aromatic rings. The van der Waals surface area contributed by atoms with E-state index in [9.17, 15) is 24.6 Å². The highest BCUT2D eigenvalue weighted by Crippen LogP contribution is 2.66. The second-order valence-electron chi connectivity index (χ2n) is 9.39. The topological polar surface area (TPSA) is 91.7 Å². The van der Waals surface area contributed by atoms with Gasteiger partial charge in [0.2, 0.25) is 0 Å². The van der Waals surface area contributed by atoms with Crippen LogP contribution in [-0.4, -0.2) is 39.8 Å². The lowest BCUT2D eigenvalue weighted by Gasteiger charge is -2.57. The molecule has 0 saturated heterocycles. The van der Waals surface area contributed by atoms with Gasteiger partial charge in [-0.15, -0.1) is 0 Å². The van der Waals surface area contributed by atoms with Crippen molar-refractivity contribution in [3.63, 3.8) is 0 Å². The summed E-state index contributed by atoms with van der Waals surface area (Å²) in [5, 5.41) is 20.5. The fourth-order valence-electron chi connectivity index (χ4n) is 6.90. The molecular weight excluding hydrogens is 332 g/mol. The SMILES string of the molecule is CC12CCC(=O)CC1=CCC1C2C(=O)CC2(C)C1CCC2(O)C(=O)CO. The Bertz CT molecular complexity index is 724. The molecule has 3 saturated carbocycles. The summed E-state index contributed by atoms with van der Waals surface area (Å²) in [7, 11) is 0. The average molecular weight is 360 g/mol. The molecule has 5 heteroatoms. The number of aliphatic hydroxyl groups excluding tert-OH is 1. The molecule has 6 atom stereocenters. The molecule has 0 radical (unpaired) electrons. The van der Waals surface area contributed by atoms with Crippen molar-refractivity contribution in [3.05, 3.63) is 11.6 Å². The molecular formula is C21H28O5. The molecule has 26 heavy (non-hydrogen) atoms. The zero-order valence-electron chi connectivity index (χ0n) is 15.6. The maximum absolute atomic E-state index is 13.3. The van der Waals surface area contributed by atoms with Gasteiger partial charge >= 0.3 is 0 Å². The molecule has 0 aromatic carbocycles. The molecule has 2 N–H and O–H groups in total. The highest BCUT2D eigenvalue weighted by atomic mass is 16.3. The van der Waals surface area contributed by atoms with Crippen molar-refractivity contribution in [2.45, 2.75) is 64.4 Å². The molecule has 0 aliphatic heterocycles. The standard InChI is InChI=1S/C21H28O5/c1-19-7-5-13(23)9-12(19)3-4-14-15-6-8-21(26,17(25)11-22)20(15,2)10-16(24)18(14)19/h3,14-15,18,22,26H,4-11H2,1-2H3. The highest BCUT2D eigenvalue weighted by Gasteiger charge is 2.68. The second-order valence-corrected chi connectivity index (χ2v) is 9.39. The van der Waals surface area contributed by atoms with E-state index in [4.69, 9.17) is 0 Å². The van der Waals surface area contributed by atoms with Gasteiger partial charge in [-0.3, -0.25) is 14.4 Å². The van der Waals surface area contributed by atoms with Crippen LogP contribution < -0.4 is 0 Å². The lowest BCUT2D eigenvalue weighted by atomic mass is 9.46. The predicted octanol–water partition coefficient (Wildman–Crippen LogP) is 1.99. The van der Waals surface area contributed by atoms with Crippen LogP contribution in [-0.2, 0) is 14.4 Å². The fourth-order valence-corrected chi connectivity index (χ4v) is 6.90. The predicted molar refractivity (Wildman–Crippen MR) is 94.1 cm³/mol. The van der Waals surface area contributed by atoms with E-state index in [1.165, 1.54) is 0 Å². The van der Waals surface area contributed by atoms with Crippen molar-refractivity contribution in [1.82, 2.24) is 0 Å². The summed E-state index contributed by atoms with van der Waals surface area (Å²) in [5.74, 6) is -0.136. The summed E-state index contributed by atoms with van der Waals surface area (Å²) in [5.41, 5.74) is -1.57. The molecule has 0 heterocycles. The zero-order chi connectivity index (χ0) is 18.9. The van der Waals surface area contributed by atoms with Crippen LogP contribution in [0.25, 0.3) is 0 Å². The Morgan fingerprint density at radius 3 is 2.69 bits per heavy atom. The number of carbonyl (C=O) groups excluding carboxylic acids is 3. The van der Waals surface area contributed by atoms with Crippen LogP contribution in [0.4, 0.5) is 0 Å². The first-order valence-electron chi connectivity index (χ1n) is 9.78. The smallest absolute Gasteiger partial charge is 0.190 e. The lowest BCUT2D eigenvalue weighted by Crippen LogP contribution is -2.60. The van der Waals surface area contributed by atoms with Gasteiger partial charge in [-0.1, -0.05) is 25.5 Å². The van der Waals surface area contributed by atoms with Crippen molar-refractivity contribution >= 4 is 17.3 Å². The summed E-state index contributed by atoms with van der Waals surface area (Å²) in [6.45, 7) is 3.30. The number of rotatable bonds is 2. The summed E-state index contributed by atoms with van der Waals surface area (Å²) >= 11 is 0. The van der Waals surface area contributed by atoms with E-state index in [0.717, 1.165) is 12.0 Å². The number of ketones is 3. The van der Waals surface area contributed by atoms with Crippen LogP contribution >= 0.6 is 0 Å². The first kappa shape index (κ1) is 18.1. The molecule has 3 fully saturated rings. The number of fused-ring (bicyclic) bond motifs is 5. The lowest BCUT2D eigenvalue weighted by molar-refractivity contribution is -0.169. The number of carbonyl (C=O) groups is 3. The molecule has 0 amide bonds. The number of Topliss-reactive ketones (excluding diaryl/α,β-unsaturated/α-hetero) is 3. The first-order chi connectivity index (χ1) is 12.2. The second kappa shape index (κ2) is 5.59. The van der Waals surface area contributed by atoms with Crippen molar-refractivity contribution in [3.8, 4) is 0 Å². The quantitative estimate of drug-likeness (QED) is 0.735. The Kier molecular flexibility index (Phi) is 3.88. The van der Waals surface area contributed by atoms with Gasteiger partial charge in [0.05, 0.1) is 0 Å². The minimum atomic E-state index is -1.61. The van der Waals surface area contributed by atoms with Gasteiger partial charge < -0.3 is 10.2 Å². The Balaban J connectivity index is 1.75. The van der Waals surface area contributed by atoms with Gasteiger partial charge in [0.1, 0.15) is 23.8 Å². The highest BCUT2D eigenvalue weighted by molar-refractivity contribution is 5.93. The van der Waals surface area contributed by atoms with E-state index >= 15 is 0 Å². The first-order valence-corrected chi connectivity index (χ1v) is 9.78. The van der Waals surface area contributed by atoms with Gasteiger partial charge in [0.25, 0.3) is 0 Å². The van der Waals surface area contributed by atoms with E-state index in [1.807, 2.05) is 6.92 Å². The third-order valence-electron chi connectivity index (χ3n) is 8.39. The fraction of sp³-hybridized carbons (Fsp3) is 0.762. The van der Waals surface area contributed by atoms with Crippen LogP contribution in [0, 0.1) is 28.6 Å². The third kappa shape index (κ3) is 2.07. The van der Waals surface area contributed by atoms with E-state index in [0.29, 0.717) is 32.1 Å². The minimum absolute atomic E-state index is 0.0814. The molecule has 4 aliphatic rings. The Morgan fingerprint density at radius 2 is 2.00 bits per heavy atom. The van der Waals surface area contributed by atoms with E-state index in [-0.39, 0.29) is 41.2 Å². The van der Waals surface area contributed by atoms with Crippen LogP contribution in [0.3, 0.4) is 0 Å². The van der Waals surface area contributed by atoms with E-state index in [2.05, 4.69) is 13.0 Å². The molecule has 6 unspecified atom stereocenters. The molecule has 0 spiro atoms. The Labute approximate surface area is 153 Å². The molecule has 5 nitrogen and oxygen atoms in total. The number of hydrogen-bond acceptors (Lipinski definition) is 5. The maximum Gasteiger partial charge on any atom is 0.190 e. The number of aliphatic hydroxyl groups is 2. The zero-order valence-corrected chi connectivity index (χ0v) is 15.6. The van der Waals surface area contributed by atoms with Gasteiger partial charge in [-0.25, -0.2) is 0 Å².